The molecule has 8 N–H and O–H groups in total. The fraction of sp³-hybridized carbons (Fsp3) is 0.185. The first-order chi connectivity index (χ1) is 19.1. The van der Waals surface area contributed by atoms with E-state index in [9.17, 15) is 19.5 Å². The SMILES string of the molecule is COc1ccc(-c2nc3nc(N)nc(N)c3cc2CNc2ccc(C(=O)N[C@@H](CCC(=O)O)C(=O)O)cc2)cc1. The molecule has 2 aromatic heterocycles. The Balaban J connectivity index is 1.54. The van der Waals surface area contributed by atoms with E-state index < -0.39 is 23.9 Å². The van der Waals surface area contributed by atoms with E-state index in [0.29, 0.717) is 34.7 Å². The lowest BCUT2D eigenvalue weighted by atomic mass is 10.0. The van der Waals surface area contributed by atoms with Gasteiger partial charge in [-0.05, 0) is 66.6 Å². The van der Waals surface area contributed by atoms with Gasteiger partial charge in [-0.2, -0.15) is 9.97 Å². The molecule has 0 aliphatic rings. The van der Waals surface area contributed by atoms with Gasteiger partial charge in [-0.25, -0.2) is 9.78 Å². The molecule has 2 heterocycles. The molecule has 0 spiro atoms. The Kier molecular flexibility index (Phi) is 8.23. The smallest absolute Gasteiger partial charge is 0.326 e. The Hall–Kier alpha value is -5.46. The number of anilines is 3. The van der Waals surface area contributed by atoms with E-state index in [-0.39, 0.29) is 30.2 Å². The number of benzene rings is 2. The fourth-order valence-electron chi connectivity index (χ4n) is 3.97. The van der Waals surface area contributed by atoms with Crippen molar-refractivity contribution >= 4 is 46.3 Å². The maximum absolute atomic E-state index is 12.5. The molecule has 40 heavy (non-hydrogen) atoms. The molecule has 0 aliphatic heterocycles. The lowest BCUT2D eigenvalue weighted by molar-refractivity contribution is -0.140. The zero-order valence-corrected chi connectivity index (χ0v) is 21.4. The van der Waals surface area contributed by atoms with E-state index in [2.05, 4.69) is 20.6 Å². The number of nitrogens with two attached hydrogens (primary N) is 2. The average molecular weight is 546 g/mol. The second-order valence-electron chi connectivity index (χ2n) is 8.79. The first kappa shape index (κ1) is 27.6. The highest BCUT2D eigenvalue weighted by atomic mass is 16.5. The van der Waals surface area contributed by atoms with Gasteiger partial charge < -0.3 is 37.1 Å². The molecule has 206 valence electrons. The Bertz CT molecular complexity index is 1560. The van der Waals surface area contributed by atoms with E-state index in [1.807, 2.05) is 30.3 Å². The molecule has 0 unspecified atom stereocenters. The highest BCUT2D eigenvalue weighted by molar-refractivity contribution is 5.97. The van der Waals surface area contributed by atoms with Crippen molar-refractivity contribution in [3.8, 4) is 17.0 Å². The number of fused-ring (bicyclic) bond motifs is 1. The number of nitrogens with zero attached hydrogens (tertiary/aromatic N) is 3. The largest absolute Gasteiger partial charge is 0.497 e. The third-order valence-corrected chi connectivity index (χ3v) is 6.06. The number of carboxylic acids is 2. The number of carbonyl (C=O) groups excluding carboxylic acids is 1. The van der Waals surface area contributed by atoms with Crippen LogP contribution in [0.4, 0.5) is 17.5 Å². The standard InChI is InChI=1S/C27H27N7O6/c1-40-18-8-4-14(5-9-18)22-16(12-19-23(28)33-27(29)34-24(19)32-22)13-30-17-6-2-15(3-7-17)25(37)31-20(26(38)39)10-11-21(35)36/h2-9,12,20,30H,10-11,13H2,1H3,(H,31,37)(H,35,36)(H,38,39)(H4,28,29,32,33,34)/t20-/m0/s1. The van der Waals surface area contributed by atoms with Gasteiger partial charge in [0.05, 0.1) is 18.2 Å². The summed E-state index contributed by atoms with van der Waals surface area (Å²) in [5.41, 5.74) is 15.4. The van der Waals surface area contributed by atoms with Crippen molar-refractivity contribution < 1.29 is 29.3 Å². The van der Waals surface area contributed by atoms with Crippen LogP contribution in [-0.2, 0) is 16.1 Å². The van der Waals surface area contributed by atoms with Gasteiger partial charge >= 0.3 is 11.9 Å². The molecule has 0 fully saturated rings. The zero-order chi connectivity index (χ0) is 28.8. The minimum absolute atomic E-state index is 0.0183. The molecule has 1 atom stereocenters. The molecule has 1 amide bonds. The number of aromatic nitrogens is 3. The number of carboxylic acid groups (broad SMARTS) is 2. The van der Waals surface area contributed by atoms with Gasteiger partial charge in [0.15, 0.2) is 5.65 Å². The van der Waals surface area contributed by atoms with Gasteiger partial charge in [0.25, 0.3) is 5.91 Å². The number of nitrogens with one attached hydrogen (secondary N) is 2. The van der Waals surface area contributed by atoms with E-state index in [4.69, 9.17) is 26.3 Å². The maximum Gasteiger partial charge on any atom is 0.326 e. The number of hydrogen-bond donors (Lipinski definition) is 6. The lowest BCUT2D eigenvalue weighted by Crippen LogP contribution is -2.41. The molecule has 4 rings (SSSR count). The number of pyridine rings is 1. The number of aliphatic carboxylic acids is 2. The Morgan fingerprint density at radius 1 is 0.975 bits per heavy atom. The predicted octanol–water partition coefficient (Wildman–Crippen LogP) is 2.52. The molecule has 4 aromatic rings. The third-order valence-electron chi connectivity index (χ3n) is 6.06. The van der Waals surface area contributed by atoms with E-state index in [1.165, 1.54) is 12.1 Å². The molecule has 2 aromatic carbocycles. The van der Waals surface area contributed by atoms with E-state index in [1.54, 1.807) is 19.2 Å². The second-order valence-corrected chi connectivity index (χ2v) is 8.79. The molecule has 0 bridgehead atoms. The van der Waals surface area contributed by atoms with Crippen LogP contribution in [0.2, 0.25) is 0 Å². The van der Waals surface area contributed by atoms with Crippen molar-refractivity contribution in [1.29, 1.82) is 0 Å². The number of rotatable bonds is 11. The van der Waals surface area contributed by atoms with Gasteiger partial charge in [0, 0.05) is 29.8 Å². The third kappa shape index (κ3) is 6.51. The van der Waals surface area contributed by atoms with Gasteiger partial charge in [-0.3, -0.25) is 9.59 Å². The minimum Gasteiger partial charge on any atom is -0.497 e. The Morgan fingerprint density at radius 3 is 2.30 bits per heavy atom. The maximum atomic E-state index is 12.5. The van der Waals surface area contributed by atoms with E-state index in [0.717, 1.165) is 11.1 Å². The van der Waals surface area contributed by atoms with Crippen LogP contribution in [0.3, 0.4) is 0 Å². The second kappa shape index (κ2) is 11.9. The molecule has 0 saturated heterocycles. The van der Waals surface area contributed by atoms with Gasteiger partial charge in [-0.1, -0.05) is 0 Å². The summed E-state index contributed by atoms with van der Waals surface area (Å²) >= 11 is 0. The van der Waals surface area contributed by atoms with Crippen LogP contribution < -0.4 is 26.8 Å². The van der Waals surface area contributed by atoms with Crippen LogP contribution in [0, 0.1) is 0 Å². The van der Waals surface area contributed by atoms with Gasteiger partial charge in [0.1, 0.15) is 17.6 Å². The first-order valence-electron chi connectivity index (χ1n) is 12.1. The summed E-state index contributed by atoms with van der Waals surface area (Å²) in [5, 5.41) is 24.3. The summed E-state index contributed by atoms with van der Waals surface area (Å²) < 4.78 is 5.26. The normalized spacial score (nSPS) is 11.5. The van der Waals surface area contributed by atoms with E-state index >= 15 is 0 Å². The fourth-order valence-corrected chi connectivity index (χ4v) is 3.97. The quantitative estimate of drug-likeness (QED) is 0.160. The Morgan fingerprint density at radius 2 is 1.68 bits per heavy atom. The van der Waals surface area contributed by atoms with Crippen LogP contribution in [0.15, 0.2) is 54.6 Å². The highest BCUT2D eigenvalue weighted by Gasteiger charge is 2.21. The van der Waals surface area contributed by atoms with Crippen molar-refractivity contribution in [2.45, 2.75) is 25.4 Å². The number of ether oxygens (including phenoxy) is 1. The van der Waals surface area contributed by atoms with Crippen molar-refractivity contribution in [1.82, 2.24) is 20.3 Å². The van der Waals surface area contributed by atoms with Crippen LogP contribution in [0.25, 0.3) is 22.3 Å². The molecule has 0 saturated carbocycles. The Labute approximate surface area is 228 Å². The van der Waals surface area contributed by atoms with Crippen molar-refractivity contribution in [2.75, 3.05) is 23.9 Å². The van der Waals surface area contributed by atoms with Crippen LogP contribution in [0.1, 0.15) is 28.8 Å². The van der Waals surface area contributed by atoms with Gasteiger partial charge in [-0.15, -0.1) is 0 Å². The first-order valence-corrected chi connectivity index (χ1v) is 12.1. The molecule has 0 radical (unpaired) electrons. The summed E-state index contributed by atoms with van der Waals surface area (Å²) in [6.07, 6.45) is -0.609. The predicted molar refractivity (Wildman–Crippen MR) is 148 cm³/mol. The summed E-state index contributed by atoms with van der Waals surface area (Å²) in [7, 11) is 1.58. The van der Waals surface area contributed by atoms with Crippen molar-refractivity contribution in [3.63, 3.8) is 0 Å². The van der Waals surface area contributed by atoms with Crippen molar-refractivity contribution in [3.05, 3.63) is 65.7 Å². The van der Waals surface area contributed by atoms with Crippen LogP contribution in [-0.4, -0.2) is 56.2 Å². The topological polar surface area (TPSA) is 216 Å². The molecule has 13 heteroatoms. The summed E-state index contributed by atoms with van der Waals surface area (Å²) in [6, 6.07) is 14.3. The number of amides is 1. The summed E-state index contributed by atoms with van der Waals surface area (Å²) in [5.74, 6) is -2.16. The zero-order valence-electron chi connectivity index (χ0n) is 21.4. The molecule has 0 aliphatic carbocycles. The molecular weight excluding hydrogens is 518 g/mol. The van der Waals surface area contributed by atoms with Gasteiger partial charge in [0.2, 0.25) is 5.95 Å². The minimum atomic E-state index is -1.31. The van der Waals surface area contributed by atoms with Crippen LogP contribution >= 0.6 is 0 Å². The molecular formula is C27H27N7O6. The summed E-state index contributed by atoms with van der Waals surface area (Å²) in [6.45, 7) is 0.329. The monoisotopic (exact) mass is 545 g/mol. The van der Waals surface area contributed by atoms with Crippen LogP contribution in [0.5, 0.6) is 5.75 Å². The number of carbonyl (C=O) groups is 3. The highest BCUT2D eigenvalue weighted by Crippen LogP contribution is 2.29. The number of methoxy groups -OCH3 is 1. The number of nitrogen functional groups attached to an aromatic ring is 2. The van der Waals surface area contributed by atoms with Crippen molar-refractivity contribution in [2.24, 2.45) is 0 Å². The number of hydrogen-bond acceptors (Lipinski definition) is 10. The molecule has 13 nitrogen and oxygen atoms in total. The average Bonchev–Trinajstić information content (AvgIpc) is 2.93. The summed E-state index contributed by atoms with van der Waals surface area (Å²) in [4.78, 5) is 47.6. The lowest BCUT2D eigenvalue weighted by Gasteiger charge is -2.15.